The average molecular weight is 1760 g/mol. The monoisotopic (exact) mass is 1760 g/mol. The Morgan fingerprint density at radius 3 is 0.991 bits per heavy atom. The maximum absolute atomic E-state index is 14.6. The largest absolute Gasteiger partial charge is 0.490 e. The van der Waals surface area contributed by atoms with Gasteiger partial charge in [-0.3, -0.25) is 52.0 Å². The fourth-order valence-electron chi connectivity index (χ4n) is 10.7. The summed E-state index contributed by atoms with van der Waals surface area (Å²) in [5, 5.41) is 64.8. The number of aromatic amines is 3. The molecule has 0 saturated carbocycles. The van der Waals surface area contributed by atoms with E-state index < -0.39 is 223 Å². The van der Waals surface area contributed by atoms with Crippen LogP contribution in [0.25, 0.3) is 33.1 Å². The van der Waals surface area contributed by atoms with Gasteiger partial charge in [-0.2, -0.15) is 40.8 Å². The minimum atomic E-state index is -5.84. The zero-order valence-corrected chi connectivity index (χ0v) is 63.3. The maximum Gasteiger partial charge on any atom is 0.490 e. The Hall–Kier alpha value is -5.93. The molecule has 0 aromatic carbocycles. The van der Waals surface area contributed by atoms with Gasteiger partial charge in [-0.1, -0.05) is 17.8 Å². The number of halogens is 2. The Morgan fingerprint density at radius 1 is 0.455 bits per heavy atom. The van der Waals surface area contributed by atoms with E-state index in [1.165, 1.54) is 33.0 Å². The zero-order valence-electron chi connectivity index (χ0n) is 55.3. The number of aliphatic hydroxyl groups is 6. The zero-order chi connectivity index (χ0) is 83.5. The molecular weight excluding hydrogens is 1700 g/mol. The SMILES string of the molecule is CC#CC1(O)[C@@H](O)[C@@H]([C@@H](C)OP(=O)(O)OP(=O)(O)OP(=O)(O)O)O[C@H]1n1cc(F)c2c(=O)[nH]c(N)nc21.CC#CC1(O)[C@@H](O)[C@@H]([C@@H](C)OP(=O)(O)OP(=O)(O)OP(=O)(O)O)O[C@H]1n1ccc2c(=O)[nH]c(N)nc21.CC#CC1(O)[C@@H](O)[C@@H]([C@H](C)OP(=O)(O)OP(=O)(O)OP(=O)(O)O)O[C@H]1n1cc(F)c2c(=O)[nH]c(N)nc21. The summed E-state index contributed by atoms with van der Waals surface area (Å²) in [6.45, 7) is 6.86. The van der Waals surface area contributed by atoms with Crippen molar-refractivity contribution in [3.8, 4) is 35.5 Å². The van der Waals surface area contributed by atoms with E-state index in [-0.39, 0.29) is 17.0 Å². The van der Waals surface area contributed by atoms with Gasteiger partial charge in [0.2, 0.25) is 17.8 Å². The molecule has 110 heavy (non-hydrogen) atoms. The fourth-order valence-corrected chi connectivity index (χ4v) is 20.3. The van der Waals surface area contributed by atoms with Crippen LogP contribution in [0.2, 0.25) is 0 Å². The molecule has 0 amide bonds. The van der Waals surface area contributed by atoms with Crippen LogP contribution >= 0.6 is 70.4 Å². The number of rotatable bonds is 24. The highest BCUT2D eigenvalue weighted by atomic mass is 31.3. The van der Waals surface area contributed by atoms with Crippen molar-refractivity contribution in [2.24, 2.45) is 0 Å². The molecule has 3 fully saturated rings. The fraction of sp³-hybridized carbons (Fsp3) is 0.467. The smallest absolute Gasteiger partial charge is 0.386 e. The molecule has 3 saturated heterocycles. The van der Waals surface area contributed by atoms with Crippen LogP contribution in [0.3, 0.4) is 0 Å². The number of phosphoric ester groups is 3. The molecule has 0 bridgehead atoms. The third-order valence-corrected chi connectivity index (χ3v) is 26.2. The van der Waals surface area contributed by atoms with Gasteiger partial charge in [-0.25, -0.2) is 49.9 Å². The van der Waals surface area contributed by atoms with Crippen LogP contribution in [0.5, 0.6) is 0 Å². The van der Waals surface area contributed by atoms with Crippen LogP contribution in [0, 0.1) is 47.2 Å². The van der Waals surface area contributed by atoms with E-state index in [4.69, 9.17) is 60.8 Å². The van der Waals surface area contributed by atoms with E-state index in [1.807, 2.05) is 0 Å². The van der Waals surface area contributed by atoms with E-state index in [1.54, 1.807) is 0 Å². The highest BCUT2D eigenvalue weighted by Crippen LogP contribution is 2.69. The molecule has 3 aliphatic rings. The lowest BCUT2D eigenvalue weighted by Gasteiger charge is -2.27. The number of nitrogens with one attached hydrogen (secondary N) is 3. The molecule has 3 aliphatic heterocycles. The summed E-state index contributed by atoms with van der Waals surface area (Å²) in [4.78, 5) is 163. The van der Waals surface area contributed by atoms with Gasteiger partial charge in [0.05, 0.1) is 23.7 Å². The summed E-state index contributed by atoms with van der Waals surface area (Å²) < 4.78 is 188. The first-order chi connectivity index (χ1) is 50.0. The number of ether oxygens (including phenoxy) is 3. The van der Waals surface area contributed by atoms with Gasteiger partial charge < -0.3 is 125 Å². The minimum Gasteiger partial charge on any atom is -0.386 e. The quantitative estimate of drug-likeness (QED) is 0.0219. The number of fused-ring (bicyclic) bond motifs is 3. The van der Waals surface area contributed by atoms with E-state index in [0.29, 0.717) is 12.4 Å². The predicted molar refractivity (Wildman–Crippen MR) is 352 cm³/mol. The van der Waals surface area contributed by atoms with Crippen LogP contribution in [0.4, 0.5) is 26.6 Å². The minimum absolute atomic E-state index is 0.0406. The molecule has 9 rings (SSSR count). The van der Waals surface area contributed by atoms with Crippen molar-refractivity contribution in [2.45, 2.75) is 132 Å². The van der Waals surface area contributed by atoms with Crippen LogP contribution < -0.4 is 33.9 Å². The standard InChI is InChI=1S/2C15H20FN4O14P3.C15H21N4O14P3/c2*1-3-4-15(23)10(21)9(6(2)32-36(27,28)34-37(29,30)33-35(24,25)26)31-13(15)20-5-7(16)8-11(20)18-14(17)19-12(8)22;1-3-5-15(22)10(20)9(7(2)31-35(26,27)33-36(28,29)32-34(23,24)25)30-13(15)19-6-4-8-11(19)17-14(16)18-12(8)21/h2*5-6,9-10,13,21,23H,1-2H3,(H,27,28)(H,29,30)(H2,24,25,26)(H3,17,18,19,22);4,6-7,9-10,13,20,22H,1-2H3,(H,26,27)(H,28,29)(H2,23,24,25)(H3,16,17,18,21)/t6-,9+,10-,13+,15?;6-,9-,10+,13-,15?;7-,9-,10+,13-,15?/m011/s1. The summed E-state index contributed by atoms with van der Waals surface area (Å²) in [5.74, 6) is 10.6. The average Bonchev–Trinajstić information content (AvgIpc) is 1.59. The number of hydrogen-bond donors (Lipinski definition) is 24. The number of H-pyrrole nitrogens is 3. The summed E-state index contributed by atoms with van der Waals surface area (Å²) in [7, 11) is -51.3. The van der Waals surface area contributed by atoms with E-state index in [9.17, 15) is 124 Å². The Morgan fingerprint density at radius 2 is 0.718 bits per heavy atom. The summed E-state index contributed by atoms with van der Waals surface area (Å²) >= 11 is 0. The van der Waals surface area contributed by atoms with Crippen molar-refractivity contribution in [3.05, 3.63) is 67.4 Å². The lowest BCUT2D eigenvalue weighted by molar-refractivity contribution is -0.0832. The second-order valence-electron chi connectivity index (χ2n) is 22.5. The van der Waals surface area contributed by atoms with Crippen molar-refractivity contribution in [1.82, 2.24) is 43.6 Å². The second kappa shape index (κ2) is 32.8. The van der Waals surface area contributed by atoms with Gasteiger partial charge >= 0.3 is 70.4 Å². The van der Waals surface area contributed by atoms with Crippen molar-refractivity contribution in [1.29, 1.82) is 0 Å². The predicted octanol–water partition coefficient (Wildman–Crippen LogP) is -2.57. The number of phosphoric acid groups is 9. The molecule has 0 radical (unpaired) electrons. The van der Waals surface area contributed by atoms with Gasteiger partial charge in [-0.15, -0.1) is 17.8 Å². The Kier molecular flexibility index (Phi) is 27.2. The van der Waals surface area contributed by atoms with Crippen LogP contribution in [0.15, 0.2) is 39.0 Å². The normalized spacial score (nSPS) is 28.4. The number of hydrogen-bond acceptors (Lipinski definition) is 36. The first-order valence-corrected chi connectivity index (χ1v) is 42.5. The number of aromatic nitrogens is 9. The lowest BCUT2D eigenvalue weighted by atomic mass is 9.93. The summed E-state index contributed by atoms with van der Waals surface area (Å²) in [6.07, 6.45) is -19.2. The third kappa shape index (κ3) is 21.1. The van der Waals surface area contributed by atoms with Crippen molar-refractivity contribution < 1.29 is 193 Å². The molecule has 6 aromatic heterocycles. The first kappa shape index (κ1) is 91.3. The molecule has 9 heterocycles. The summed E-state index contributed by atoms with van der Waals surface area (Å²) in [6, 6.07) is 1.32. The summed E-state index contributed by atoms with van der Waals surface area (Å²) in [5.41, 5.74) is 5.57. The molecule has 0 aliphatic carbocycles. The van der Waals surface area contributed by atoms with Gasteiger partial charge in [0.25, 0.3) is 16.7 Å². The maximum atomic E-state index is 14.6. The Labute approximate surface area is 607 Å². The highest BCUT2D eigenvalue weighted by molar-refractivity contribution is 7.68. The van der Waals surface area contributed by atoms with E-state index in [0.717, 1.165) is 34.5 Å². The van der Waals surface area contributed by atoms with Crippen molar-refractivity contribution in [2.75, 3.05) is 17.2 Å². The van der Waals surface area contributed by atoms with E-state index in [2.05, 4.69) is 105 Å². The number of aliphatic hydroxyl groups excluding tert-OH is 3. The van der Waals surface area contributed by atoms with Gasteiger partial charge in [0.15, 0.2) is 64.1 Å². The molecule has 6 aromatic rings. The van der Waals surface area contributed by atoms with Crippen molar-refractivity contribution >= 4 is 121 Å². The second-order valence-corrected chi connectivity index (χ2v) is 35.6. The van der Waals surface area contributed by atoms with Gasteiger partial charge in [0, 0.05) is 18.6 Å². The molecule has 21 atom stereocenters. The number of nitrogens with zero attached hydrogens (tertiary/aromatic N) is 6. The van der Waals surface area contributed by atoms with Crippen LogP contribution in [0.1, 0.15) is 60.2 Å². The Balaban J connectivity index is 0.000000229. The molecular formula is C45H61F2N12O42P9. The number of nitrogens with two attached hydrogens (primary N) is 3. The molecule has 65 heteroatoms. The highest BCUT2D eigenvalue weighted by Gasteiger charge is 2.62. The van der Waals surface area contributed by atoms with Crippen molar-refractivity contribution in [3.63, 3.8) is 0 Å². The molecule has 54 nitrogen and oxygen atoms in total. The lowest BCUT2D eigenvalue weighted by Crippen LogP contribution is -2.47. The topological polar surface area (TPSA) is 859 Å². The van der Waals surface area contributed by atoms with Gasteiger partial charge in [0.1, 0.15) is 47.4 Å². The number of anilines is 3. The first-order valence-electron chi connectivity index (χ1n) is 28.9. The Bertz CT molecular complexity index is 5200. The molecule has 9 unspecified atom stereocenters. The number of nitrogen functional groups attached to an aromatic ring is 3. The van der Waals surface area contributed by atoms with Crippen LogP contribution in [-0.4, -0.2) is 205 Å². The van der Waals surface area contributed by atoms with E-state index >= 15 is 0 Å². The van der Waals surface area contributed by atoms with Gasteiger partial charge in [-0.05, 0) is 47.6 Å². The molecule has 0 spiro atoms. The third-order valence-electron chi connectivity index (χ3n) is 14.5. The molecule has 27 N–H and O–H groups in total. The molecule has 612 valence electrons. The van der Waals surface area contributed by atoms with Crippen LogP contribution in [-0.2, 0) is 94.7 Å².